The summed E-state index contributed by atoms with van der Waals surface area (Å²) in [5, 5.41) is 10.4. The van der Waals surface area contributed by atoms with Crippen molar-refractivity contribution >= 4 is 0 Å². The number of methoxy groups -OCH3 is 1. The summed E-state index contributed by atoms with van der Waals surface area (Å²) in [5.41, 5.74) is 0.989. The first-order valence-electron chi connectivity index (χ1n) is 6.57. The fraction of sp³-hybridized carbons (Fsp3) is 0.400. The predicted molar refractivity (Wildman–Crippen MR) is 74.2 cm³/mol. The number of aromatic nitrogens is 2. The van der Waals surface area contributed by atoms with Crippen molar-refractivity contribution in [2.75, 3.05) is 7.11 Å². The molecule has 2 aromatic rings. The number of aryl methyl sites for hydroxylation is 1. The second kappa shape index (κ2) is 6.38. The number of hydrogen-bond donors (Lipinski definition) is 1. The molecule has 1 N–H and O–H groups in total. The Hall–Kier alpha value is -1.81. The van der Waals surface area contributed by atoms with Crippen molar-refractivity contribution in [2.24, 2.45) is 0 Å². The van der Waals surface area contributed by atoms with E-state index < -0.39 is 6.10 Å². The second-order valence-electron chi connectivity index (χ2n) is 4.51. The van der Waals surface area contributed by atoms with E-state index in [-0.39, 0.29) is 0 Å². The Morgan fingerprint density at radius 2 is 2.16 bits per heavy atom. The van der Waals surface area contributed by atoms with Gasteiger partial charge in [-0.3, -0.25) is 0 Å². The van der Waals surface area contributed by atoms with Crippen molar-refractivity contribution < 1.29 is 9.84 Å². The molecule has 0 aliphatic rings. The number of imidazole rings is 1. The van der Waals surface area contributed by atoms with Gasteiger partial charge in [0.05, 0.1) is 7.11 Å². The smallest absolute Gasteiger partial charge is 0.137 e. The highest BCUT2D eigenvalue weighted by Gasteiger charge is 2.16. The molecule has 1 atom stereocenters. The summed E-state index contributed by atoms with van der Waals surface area (Å²) in [7, 11) is 1.64. The molecule has 0 spiro atoms. The number of benzene rings is 1. The molecule has 102 valence electrons. The minimum Gasteiger partial charge on any atom is -0.496 e. The van der Waals surface area contributed by atoms with Crippen LogP contribution in [0.5, 0.6) is 5.75 Å². The lowest BCUT2D eigenvalue weighted by atomic mass is 10.1. The maximum Gasteiger partial charge on any atom is 0.137 e. The largest absolute Gasteiger partial charge is 0.496 e. The van der Waals surface area contributed by atoms with Crippen molar-refractivity contribution in [3.8, 4) is 5.75 Å². The zero-order chi connectivity index (χ0) is 13.7. The highest BCUT2D eigenvalue weighted by Crippen LogP contribution is 2.24. The summed E-state index contributed by atoms with van der Waals surface area (Å²) < 4.78 is 7.30. The van der Waals surface area contributed by atoms with Crippen molar-refractivity contribution in [1.82, 2.24) is 9.55 Å². The monoisotopic (exact) mass is 260 g/mol. The Kier molecular flexibility index (Phi) is 4.58. The molecular weight excluding hydrogens is 240 g/mol. The minimum absolute atomic E-state index is 0.505. The summed E-state index contributed by atoms with van der Waals surface area (Å²) in [6.45, 7) is 2.98. The fourth-order valence-corrected chi connectivity index (χ4v) is 2.22. The topological polar surface area (TPSA) is 47.3 Å². The van der Waals surface area contributed by atoms with Gasteiger partial charge in [-0.1, -0.05) is 25.1 Å². The van der Waals surface area contributed by atoms with Crippen LogP contribution in [0.1, 0.15) is 30.8 Å². The number of para-hydroxylation sites is 1. The highest BCUT2D eigenvalue weighted by atomic mass is 16.5. The quantitative estimate of drug-likeness (QED) is 0.868. The molecule has 0 radical (unpaired) electrons. The second-order valence-corrected chi connectivity index (χ2v) is 4.51. The van der Waals surface area contributed by atoms with E-state index in [9.17, 15) is 5.11 Å². The lowest BCUT2D eigenvalue weighted by Gasteiger charge is -2.14. The molecule has 4 nitrogen and oxygen atoms in total. The zero-order valence-corrected chi connectivity index (χ0v) is 11.4. The van der Waals surface area contributed by atoms with Gasteiger partial charge in [0.15, 0.2) is 0 Å². The lowest BCUT2D eigenvalue weighted by Crippen LogP contribution is -2.11. The van der Waals surface area contributed by atoms with E-state index in [1.54, 1.807) is 13.3 Å². The molecule has 0 aliphatic carbocycles. The SMILES string of the molecule is CCCn1ccnc1C(O)Cc1ccccc1OC. The van der Waals surface area contributed by atoms with Gasteiger partial charge in [-0.2, -0.15) is 0 Å². The predicted octanol–water partition coefficient (Wildman–Crippen LogP) is 2.58. The maximum atomic E-state index is 10.4. The van der Waals surface area contributed by atoms with Crippen molar-refractivity contribution in [2.45, 2.75) is 32.4 Å². The molecule has 0 saturated heterocycles. The minimum atomic E-state index is -0.613. The normalized spacial score (nSPS) is 12.4. The van der Waals surface area contributed by atoms with Crippen LogP contribution in [0.15, 0.2) is 36.7 Å². The summed E-state index contributed by atoms with van der Waals surface area (Å²) in [6, 6.07) is 7.74. The standard InChI is InChI=1S/C15H20N2O2/c1-3-9-17-10-8-16-15(17)13(18)11-12-6-4-5-7-14(12)19-2/h4-8,10,13,18H,3,9,11H2,1-2H3. The molecule has 2 rings (SSSR count). The lowest BCUT2D eigenvalue weighted by molar-refractivity contribution is 0.162. The average Bonchev–Trinajstić information content (AvgIpc) is 2.88. The van der Waals surface area contributed by atoms with Gasteiger partial charge in [-0.25, -0.2) is 4.98 Å². The number of aliphatic hydroxyl groups is 1. The molecule has 1 unspecified atom stereocenters. The molecule has 4 heteroatoms. The third kappa shape index (κ3) is 3.15. The van der Waals surface area contributed by atoms with E-state index in [2.05, 4.69) is 11.9 Å². The number of rotatable bonds is 6. The van der Waals surface area contributed by atoms with Gasteiger partial charge in [0.25, 0.3) is 0 Å². The van der Waals surface area contributed by atoms with E-state index >= 15 is 0 Å². The molecular formula is C15H20N2O2. The highest BCUT2D eigenvalue weighted by molar-refractivity contribution is 5.34. The Balaban J connectivity index is 2.16. The Bertz CT molecular complexity index is 522. The van der Waals surface area contributed by atoms with Gasteiger partial charge in [0.1, 0.15) is 17.7 Å². The Morgan fingerprint density at radius 1 is 1.37 bits per heavy atom. The van der Waals surface area contributed by atoms with Crippen LogP contribution in [0.4, 0.5) is 0 Å². The molecule has 0 bridgehead atoms. The van der Waals surface area contributed by atoms with Crippen LogP contribution in [0.3, 0.4) is 0 Å². The van der Waals surface area contributed by atoms with Gasteiger partial charge in [0.2, 0.25) is 0 Å². The van der Waals surface area contributed by atoms with Gasteiger partial charge in [-0.15, -0.1) is 0 Å². The van der Waals surface area contributed by atoms with E-state index in [1.807, 2.05) is 35.0 Å². The van der Waals surface area contributed by atoms with Crippen LogP contribution in [0.2, 0.25) is 0 Å². The van der Waals surface area contributed by atoms with Gasteiger partial charge in [0, 0.05) is 25.4 Å². The van der Waals surface area contributed by atoms with Gasteiger partial charge >= 0.3 is 0 Å². The summed E-state index contributed by atoms with van der Waals surface area (Å²) in [6.07, 6.45) is 4.55. The van der Waals surface area contributed by atoms with E-state index in [4.69, 9.17) is 4.74 Å². The molecule has 1 aromatic heterocycles. The zero-order valence-electron chi connectivity index (χ0n) is 11.4. The molecule has 1 aromatic carbocycles. The van der Waals surface area contributed by atoms with E-state index in [1.165, 1.54) is 0 Å². The van der Waals surface area contributed by atoms with E-state index in [0.29, 0.717) is 12.2 Å². The average molecular weight is 260 g/mol. The van der Waals surface area contributed by atoms with Crippen LogP contribution in [-0.4, -0.2) is 21.8 Å². The molecule has 0 amide bonds. The van der Waals surface area contributed by atoms with Crippen molar-refractivity contribution in [3.63, 3.8) is 0 Å². The van der Waals surface area contributed by atoms with Crippen molar-refractivity contribution in [3.05, 3.63) is 48.0 Å². The third-order valence-electron chi connectivity index (χ3n) is 3.12. The number of nitrogens with zero attached hydrogens (tertiary/aromatic N) is 2. The van der Waals surface area contributed by atoms with Gasteiger partial charge < -0.3 is 14.4 Å². The summed E-state index contributed by atoms with van der Waals surface area (Å²) in [5.74, 6) is 1.52. The first-order chi connectivity index (χ1) is 9.26. The first-order valence-corrected chi connectivity index (χ1v) is 6.57. The van der Waals surface area contributed by atoms with Crippen molar-refractivity contribution in [1.29, 1.82) is 0 Å². The van der Waals surface area contributed by atoms with Crippen LogP contribution in [-0.2, 0) is 13.0 Å². The maximum absolute atomic E-state index is 10.4. The van der Waals surface area contributed by atoms with Gasteiger partial charge in [-0.05, 0) is 18.1 Å². The number of aliphatic hydroxyl groups excluding tert-OH is 1. The van der Waals surface area contributed by atoms with Crippen LogP contribution in [0, 0.1) is 0 Å². The molecule has 1 heterocycles. The number of ether oxygens (including phenoxy) is 1. The summed E-state index contributed by atoms with van der Waals surface area (Å²) in [4.78, 5) is 4.26. The number of hydrogen-bond acceptors (Lipinski definition) is 3. The molecule has 0 aliphatic heterocycles. The fourth-order valence-electron chi connectivity index (χ4n) is 2.22. The molecule has 0 fully saturated rings. The summed E-state index contributed by atoms with van der Waals surface area (Å²) >= 11 is 0. The van der Waals surface area contributed by atoms with E-state index in [0.717, 1.165) is 24.3 Å². The third-order valence-corrected chi connectivity index (χ3v) is 3.12. The Morgan fingerprint density at radius 3 is 2.89 bits per heavy atom. The first kappa shape index (κ1) is 13.6. The Labute approximate surface area is 113 Å². The molecule has 19 heavy (non-hydrogen) atoms. The van der Waals surface area contributed by atoms with Crippen LogP contribution in [0.25, 0.3) is 0 Å². The van der Waals surface area contributed by atoms with Crippen LogP contribution >= 0.6 is 0 Å². The molecule has 0 saturated carbocycles. The van der Waals surface area contributed by atoms with Crippen LogP contribution < -0.4 is 4.74 Å².